The molecule has 3 rings (SSSR count). The molecule has 0 amide bonds. The highest BCUT2D eigenvalue weighted by Crippen LogP contribution is 2.35. The average Bonchev–Trinajstić information content (AvgIpc) is 2.94. The van der Waals surface area contributed by atoms with Gasteiger partial charge in [-0.2, -0.15) is 0 Å². The minimum atomic E-state index is -1.13. The number of carbonyl (C=O) groups is 2. The van der Waals surface area contributed by atoms with E-state index in [0.717, 1.165) is 0 Å². The number of carbonyl (C=O) groups excluding carboxylic acids is 1. The van der Waals surface area contributed by atoms with Crippen LogP contribution in [0.15, 0.2) is 24.3 Å². The zero-order valence-electron chi connectivity index (χ0n) is 12.5. The van der Waals surface area contributed by atoms with Gasteiger partial charge < -0.3 is 19.5 Å². The van der Waals surface area contributed by atoms with Crippen molar-refractivity contribution >= 4 is 11.9 Å². The molecular weight excluding hydrogens is 300 g/mol. The molecule has 2 aromatic rings. The lowest BCUT2D eigenvalue weighted by Gasteiger charge is -2.25. The Morgan fingerprint density at radius 1 is 1.39 bits per heavy atom. The molecule has 0 spiro atoms. The zero-order valence-corrected chi connectivity index (χ0v) is 12.5. The minimum absolute atomic E-state index is 0.0437. The number of imidazole rings is 1. The Hall–Kier alpha value is -2.83. The summed E-state index contributed by atoms with van der Waals surface area (Å²) in [5.74, 6) is -1.17. The van der Waals surface area contributed by atoms with Gasteiger partial charge in [0.15, 0.2) is 5.69 Å². The molecule has 1 aliphatic rings. The van der Waals surface area contributed by atoms with Crippen LogP contribution in [0.1, 0.15) is 35.1 Å². The molecule has 0 aliphatic carbocycles. The number of phenolic OH excluding ortho intramolecular Hbond substituents is 1. The van der Waals surface area contributed by atoms with Gasteiger partial charge >= 0.3 is 11.9 Å². The summed E-state index contributed by atoms with van der Waals surface area (Å²) in [4.78, 5) is 27.8. The minimum Gasteiger partial charge on any atom is -0.508 e. The van der Waals surface area contributed by atoms with Crippen LogP contribution in [-0.4, -0.2) is 38.8 Å². The maximum Gasteiger partial charge on any atom is 0.356 e. The first-order chi connectivity index (χ1) is 11.0. The van der Waals surface area contributed by atoms with E-state index in [1.165, 1.54) is 19.2 Å². The lowest BCUT2D eigenvalue weighted by Crippen LogP contribution is -2.27. The highest BCUT2D eigenvalue weighted by molar-refractivity contribution is 5.88. The van der Waals surface area contributed by atoms with Crippen LogP contribution in [0.2, 0.25) is 0 Å². The van der Waals surface area contributed by atoms with Gasteiger partial charge in [0.1, 0.15) is 17.6 Å². The Kier molecular flexibility index (Phi) is 3.77. The van der Waals surface area contributed by atoms with Crippen molar-refractivity contribution in [2.75, 3.05) is 7.11 Å². The molecule has 0 bridgehead atoms. The molecule has 1 aromatic heterocycles. The van der Waals surface area contributed by atoms with Gasteiger partial charge in [-0.1, -0.05) is 12.1 Å². The van der Waals surface area contributed by atoms with Crippen LogP contribution < -0.4 is 0 Å². The number of carboxylic acids is 1. The predicted octanol–water partition coefficient (Wildman–Crippen LogP) is 2.00. The highest BCUT2D eigenvalue weighted by Gasteiger charge is 2.34. The number of fused-ring (bicyclic) bond motifs is 1. The van der Waals surface area contributed by atoms with E-state index in [1.54, 1.807) is 16.7 Å². The first-order valence-electron chi connectivity index (χ1n) is 7.24. The zero-order chi connectivity index (χ0) is 16.6. The summed E-state index contributed by atoms with van der Waals surface area (Å²) in [6.45, 7) is 0. The Labute approximate surface area is 132 Å². The number of esters is 1. The van der Waals surface area contributed by atoms with Gasteiger partial charge in [0.05, 0.1) is 12.8 Å². The molecule has 23 heavy (non-hydrogen) atoms. The number of aromatic carboxylic acids is 1. The van der Waals surface area contributed by atoms with Crippen LogP contribution in [0.4, 0.5) is 0 Å². The molecule has 0 saturated carbocycles. The van der Waals surface area contributed by atoms with Crippen molar-refractivity contribution in [1.82, 2.24) is 9.55 Å². The number of phenols is 1. The average molecular weight is 316 g/mol. The fraction of sp³-hybridized carbons (Fsp3) is 0.312. The molecule has 0 saturated heterocycles. The lowest BCUT2D eigenvalue weighted by molar-refractivity contribution is -0.145. The normalized spacial score (nSPS) is 16.7. The van der Waals surface area contributed by atoms with E-state index in [1.807, 2.05) is 0 Å². The molecule has 1 atom stereocenters. The van der Waals surface area contributed by atoms with Gasteiger partial charge in [0, 0.05) is 5.56 Å². The van der Waals surface area contributed by atoms with Crippen molar-refractivity contribution in [2.24, 2.45) is 0 Å². The third kappa shape index (κ3) is 2.54. The first-order valence-corrected chi connectivity index (χ1v) is 7.24. The van der Waals surface area contributed by atoms with Crippen molar-refractivity contribution in [1.29, 1.82) is 0 Å². The summed E-state index contributed by atoms with van der Waals surface area (Å²) in [6, 6.07) is 5.75. The fourth-order valence-corrected chi connectivity index (χ4v) is 3.01. The summed E-state index contributed by atoms with van der Waals surface area (Å²) < 4.78 is 6.48. The van der Waals surface area contributed by atoms with Crippen molar-refractivity contribution in [2.45, 2.75) is 25.3 Å². The van der Waals surface area contributed by atoms with Crippen LogP contribution in [0.25, 0.3) is 11.4 Å². The number of aromatic nitrogens is 2. The van der Waals surface area contributed by atoms with Gasteiger partial charge in [-0.15, -0.1) is 0 Å². The van der Waals surface area contributed by atoms with Crippen molar-refractivity contribution < 1.29 is 24.5 Å². The molecule has 1 unspecified atom stereocenters. The molecule has 0 fully saturated rings. The molecule has 2 N–H and O–H groups in total. The Morgan fingerprint density at radius 3 is 2.83 bits per heavy atom. The molecule has 1 aromatic carbocycles. The molecule has 1 aliphatic heterocycles. The number of methoxy groups -OCH3 is 1. The summed E-state index contributed by atoms with van der Waals surface area (Å²) in [5, 5.41) is 19.1. The standard InChI is InChI=1S/C16H16N2O5/c1-23-16(22)12-7-3-6-11-13(15(20)21)17-14(18(11)12)9-4-2-5-10(19)8-9/h2,4-5,8,12,19H,3,6-7H2,1H3,(H,20,21). The van der Waals surface area contributed by atoms with E-state index in [4.69, 9.17) is 4.74 Å². The van der Waals surface area contributed by atoms with Crippen LogP contribution in [0.5, 0.6) is 5.75 Å². The highest BCUT2D eigenvalue weighted by atomic mass is 16.5. The van der Waals surface area contributed by atoms with Gasteiger partial charge in [-0.05, 0) is 31.4 Å². The van der Waals surface area contributed by atoms with E-state index in [2.05, 4.69) is 4.98 Å². The fourth-order valence-electron chi connectivity index (χ4n) is 3.01. The second-order valence-corrected chi connectivity index (χ2v) is 5.39. The van der Waals surface area contributed by atoms with E-state index in [-0.39, 0.29) is 11.4 Å². The van der Waals surface area contributed by atoms with Gasteiger partial charge in [0.25, 0.3) is 0 Å². The Bertz CT molecular complexity index is 781. The molecule has 7 heteroatoms. The molecular formula is C16H16N2O5. The summed E-state index contributed by atoms with van der Waals surface area (Å²) in [6.07, 6.45) is 1.77. The van der Waals surface area contributed by atoms with Gasteiger partial charge in [-0.3, -0.25) is 0 Å². The van der Waals surface area contributed by atoms with Gasteiger partial charge in [-0.25, -0.2) is 14.6 Å². The summed E-state index contributed by atoms with van der Waals surface area (Å²) >= 11 is 0. The van der Waals surface area contributed by atoms with Gasteiger partial charge in [0.2, 0.25) is 0 Å². The topological polar surface area (TPSA) is 102 Å². The molecule has 0 radical (unpaired) electrons. The maximum atomic E-state index is 12.1. The third-order valence-electron chi connectivity index (χ3n) is 3.99. The number of carboxylic acid groups (broad SMARTS) is 1. The van der Waals surface area contributed by atoms with Crippen LogP contribution in [0, 0.1) is 0 Å². The van der Waals surface area contributed by atoms with Crippen LogP contribution in [-0.2, 0) is 16.0 Å². The number of rotatable bonds is 3. The number of hydrogen-bond acceptors (Lipinski definition) is 5. The number of benzene rings is 1. The molecule has 7 nitrogen and oxygen atoms in total. The quantitative estimate of drug-likeness (QED) is 0.840. The number of ether oxygens (including phenoxy) is 1. The second kappa shape index (κ2) is 5.75. The number of hydrogen-bond donors (Lipinski definition) is 2. The van der Waals surface area contributed by atoms with Crippen molar-refractivity contribution in [3.63, 3.8) is 0 Å². The van der Waals surface area contributed by atoms with E-state index in [9.17, 15) is 19.8 Å². The smallest absolute Gasteiger partial charge is 0.356 e. The number of aromatic hydroxyl groups is 1. The van der Waals surface area contributed by atoms with E-state index < -0.39 is 18.0 Å². The SMILES string of the molecule is COC(=O)C1CCCc2c(C(=O)O)nc(-c3cccc(O)c3)n21. The maximum absolute atomic E-state index is 12.1. The van der Waals surface area contributed by atoms with E-state index in [0.29, 0.717) is 36.3 Å². The largest absolute Gasteiger partial charge is 0.508 e. The predicted molar refractivity (Wildman–Crippen MR) is 80.3 cm³/mol. The first kappa shape index (κ1) is 15.1. The molecule has 120 valence electrons. The summed E-state index contributed by atoms with van der Waals surface area (Å²) in [7, 11) is 1.31. The summed E-state index contributed by atoms with van der Waals surface area (Å²) in [5.41, 5.74) is 1.00. The third-order valence-corrected chi connectivity index (χ3v) is 3.99. The van der Waals surface area contributed by atoms with Crippen molar-refractivity contribution in [3.8, 4) is 17.1 Å². The van der Waals surface area contributed by atoms with Crippen LogP contribution in [0.3, 0.4) is 0 Å². The second-order valence-electron chi connectivity index (χ2n) is 5.39. The number of nitrogens with zero attached hydrogens (tertiary/aromatic N) is 2. The monoisotopic (exact) mass is 316 g/mol. The van der Waals surface area contributed by atoms with Crippen LogP contribution >= 0.6 is 0 Å². The Morgan fingerprint density at radius 2 is 2.17 bits per heavy atom. The Balaban J connectivity index is 2.24. The van der Waals surface area contributed by atoms with Crippen molar-refractivity contribution in [3.05, 3.63) is 35.7 Å². The lowest BCUT2D eigenvalue weighted by atomic mass is 10.0. The molecule has 2 heterocycles. The van der Waals surface area contributed by atoms with E-state index >= 15 is 0 Å².